The molecular formula is C27H34N2O5. The molecule has 182 valence electrons. The number of hydrogen-bond donors (Lipinski definition) is 1. The molecule has 1 saturated heterocycles. The summed E-state index contributed by atoms with van der Waals surface area (Å²) in [5.41, 5.74) is 2.19. The summed E-state index contributed by atoms with van der Waals surface area (Å²) >= 11 is 0. The lowest BCUT2D eigenvalue weighted by molar-refractivity contribution is -0.139. The van der Waals surface area contributed by atoms with Gasteiger partial charge >= 0.3 is 0 Å². The van der Waals surface area contributed by atoms with Gasteiger partial charge in [0, 0.05) is 12.6 Å². The third kappa shape index (κ3) is 5.25. The Morgan fingerprint density at radius 2 is 1.76 bits per heavy atom. The van der Waals surface area contributed by atoms with Crippen LogP contribution in [0.2, 0.25) is 0 Å². The molecule has 1 fully saturated rings. The first-order valence-electron chi connectivity index (χ1n) is 11.7. The highest BCUT2D eigenvalue weighted by molar-refractivity contribution is 6.46. The molecule has 0 aliphatic carbocycles. The zero-order valence-corrected chi connectivity index (χ0v) is 20.6. The van der Waals surface area contributed by atoms with Crippen molar-refractivity contribution in [2.45, 2.75) is 33.2 Å². The molecule has 34 heavy (non-hydrogen) atoms. The highest BCUT2D eigenvalue weighted by Gasteiger charge is 2.46. The number of hydrogen-bond acceptors (Lipinski definition) is 6. The number of ether oxygens (including phenoxy) is 2. The van der Waals surface area contributed by atoms with Gasteiger partial charge in [-0.05, 0) is 71.1 Å². The predicted octanol–water partition coefficient (Wildman–Crippen LogP) is 4.17. The minimum Gasteiger partial charge on any atom is -0.507 e. The van der Waals surface area contributed by atoms with Gasteiger partial charge in [0.05, 0.1) is 30.4 Å². The van der Waals surface area contributed by atoms with Gasteiger partial charge in [-0.15, -0.1) is 0 Å². The number of aliphatic hydroxyl groups is 1. The standard InChI is InChI=1S/C27H34N2O5/c1-6-33-19-13-14-21(22(17-19)34-7-2)25(30)23-24(20-12-9-8-11-18(20)3)29(27(32)26(23)31)16-10-15-28(4)5/h8-9,11-14,17,24,30H,6-7,10,15-16H2,1-5H3/b25-23+. The molecule has 3 rings (SSSR count). The Morgan fingerprint density at radius 1 is 1.06 bits per heavy atom. The molecule has 0 bridgehead atoms. The Morgan fingerprint density at radius 3 is 2.41 bits per heavy atom. The van der Waals surface area contributed by atoms with Gasteiger partial charge in [0.15, 0.2) is 0 Å². The van der Waals surface area contributed by atoms with Gasteiger partial charge in [-0.1, -0.05) is 24.3 Å². The van der Waals surface area contributed by atoms with E-state index in [-0.39, 0.29) is 11.3 Å². The van der Waals surface area contributed by atoms with Crippen LogP contribution in [-0.4, -0.2) is 67.0 Å². The van der Waals surface area contributed by atoms with Crippen LogP contribution in [0, 0.1) is 6.92 Å². The van der Waals surface area contributed by atoms with E-state index in [0.717, 1.165) is 17.7 Å². The van der Waals surface area contributed by atoms with Crippen molar-refractivity contribution in [3.05, 3.63) is 64.7 Å². The second-order valence-electron chi connectivity index (χ2n) is 8.53. The largest absolute Gasteiger partial charge is 0.507 e. The molecule has 1 aliphatic rings. The normalized spacial score (nSPS) is 17.5. The summed E-state index contributed by atoms with van der Waals surface area (Å²) < 4.78 is 11.3. The zero-order chi connectivity index (χ0) is 24.8. The van der Waals surface area contributed by atoms with Crippen LogP contribution < -0.4 is 9.47 Å². The van der Waals surface area contributed by atoms with E-state index in [2.05, 4.69) is 0 Å². The zero-order valence-electron chi connectivity index (χ0n) is 20.6. The summed E-state index contributed by atoms with van der Waals surface area (Å²) in [6.07, 6.45) is 0.704. The summed E-state index contributed by atoms with van der Waals surface area (Å²) in [5, 5.41) is 11.4. The molecule has 1 unspecified atom stereocenters. The van der Waals surface area contributed by atoms with Crippen LogP contribution in [0.25, 0.3) is 5.76 Å². The van der Waals surface area contributed by atoms with E-state index >= 15 is 0 Å². The number of benzene rings is 2. The van der Waals surface area contributed by atoms with Crippen LogP contribution in [-0.2, 0) is 9.59 Å². The van der Waals surface area contributed by atoms with E-state index in [0.29, 0.717) is 43.2 Å². The Labute approximate surface area is 201 Å². The molecule has 1 amide bonds. The maximum atomic E-state index is 13.3. The lowest BCUT2D eigenvalue weighted by Crippen LogP contribution is -2.32. The molecule has 7 heteroatoms. The first kappa shape index (κ1) is 25.3. The lowest BCUT2D eigenvalue weighted by Gasteiger charge is -2.27. The molecule has 1 N–H and O–H groups in total. The van der Waals surface area contributed by atoms with Gasteiger partial charge < -0.3 is 24.4 Å². The van der Waals surface area contributed by atoms with Gasteiger partial charge in [-0.25, -0.2) is 0 Å². The number of aliphatic hydroxyl groups excluding tert-OH is 1. The molecule has 0 aromatic heterocycles. The highest BCUT2D eigenvalue weighted by atomic mass is 16.5. The van der Waals surface area contributed by atoms with Crippen molar-refractivity contribution < 1.29 is 24.2 Å². The van der Waals surface area contributed by atoms with Crippen LogP contribution in [0.1, 0.15) is 43.0 Å². The number of aryl methyl sites for hydroxylation is 1. The minimum absolute atomic E-state index is 0.0780. The second kappa shape index (κ2) is 11.2. The van der Waals surface area contributed by atoms with Crippen molar-refractivity contribution in [1.82, 2.24) is 9.80 Å². The topological polar surface area (TPSA) is 79.3 Å². The van der Waals surface area contributed by atoms with Crippen LogP contribution in [0.15, 0.2) is 48.0 Å². The van der Waals surface area contributed by atoms with E-state index in [4.69, 9.17) is 9.47 Å². The number of Topliss-reactive ketones (excluding diaryl/α,β-unsaturated/α-hetero) is 1. The average Bonchev–Trinajstić information content (AvgIpc) is 3.04. The summed E-state index contributed by atoms with van der Waals surface area (Å²) in [4.78, 5) is 30.0. The number of likely N-dealkylation sites (tertiary alicyclic amines) is 1. The fraction of sp³-hybridized carbons (Fsp3) is 0.407. The van der Waals surface area contributed by atoms with Gasteiger partial charge in [0.25, 0.3) is 11.7 Å². The van der Waals surface area contributed by atoms with E-state index in [1.807, 2.05) is 64.0 Å². The van der Waals surface area contributed by atoms with Gasteiger partial charge in [-0.3, -0.25) is 9.59 Å². The Bertz CT molecular complexity index is 1080. The Balaban J connectivity index is 2.16. The van der Waals surface area contributed by atoms with Crippen molar-refractivity contribution in [3.63, 3.8) is 0 Å². The summed E-state index contributed by atoms with van der Waals surface area (Å²) in [6, 6.07) is 12.0. The smallest absolute Gasteiger partial charge is 0.295 e. The number of rotatable bonds is 10. The molecule has 0 saturated carbocycles. The van der Waals surface area contributed by atoms with E-state index < -0.39 is 17.7 Å². The monoisotopic (exact) mass is 466 g/mol. The first-order chi connectivity index (χ1) is 16.3. The van der Waals surface area contributed by atoms with Crippen LogP contribution in [0.5, 0.6) is 11.5 Å². The van der Waals surface area contributed by atoms with Gasteiger partial charge in [0.1, 0.15) is 17.3 Å². The Kier molecular flexibility index (Phi) is 8.34. The van der Waals surface area contributed by atoms with E-state index in [9.17, 15) is 14.7 Å². The molecule has 0 radical (unpaired) electrons. The molecule has 1 atom stereocenters. The first-order valence-corrected chi connectivity index (χ1v) is 11.7. The number of amides is 1. The van der Waals surface area contributed by atoms with Crippen molar-refractivity contribution in [3.8, 4) is 11.5 Å². The molecular weight excluding hydrogens is 432 g/mol. The van der Waals surface area contributed by atoms with Gasteiger partial charge in [0.2, 0.25) is 0 Å². The maximum Gasteiger partial charge on any atom is 0.295 e. The fourth-order valence-corrected chi connectivity index (χ4v) is 4.26. The van der Waals surface area contributed by atoms with E-state index in [1.165, 1.54) is 0 Å². The third-order valence-corrected chi connectivity index (χ3v) is 5.85. The van der Waals surface area contributed by atoms with Crippen molar-refractivity contribution in [2.24, 2.45) is 0 Å². The van der Waals surface area contributed by atoms with E-state index in [1.54, 1.807) is 23.1 Å². The molecule has 1 heterocycles. The quantitative estimate of drug-likeness (QED) is 0.322. The summed E-state index contributed by atoms with van der Waals surface area (Å²) in [7, 11) is 3.93. The number of carbonyl (C=O) groups excluding carboxylic acids is 2. The molecule has 1 aliphatic heterocycles. The molecule has 2 aromatic carbocycles. The Hall–Kier alpha value is -3.32. The fourth-order valence-electron chi connectivity index (χ4n) is 4.26. The summed E-state index contributed by atoms with van der Waals surface area (Å²) in [6.45, 7) is 7.70. The molecule has 2 aromatic rings. The second-order valence-corrected chi connectivity index (χ2v) is 8.53. The third-order valence-electron chi connectivity index (χ3n) is 5.85. The highest BCUT2D eigenvalue weighted by Crippen LogP contribution is 2.42. The number of carbonyl (C=O) groups is 2. The number of ketones is 1. The SMILES string of the molecule is CCOc1ccc(/C(O)=C2\C(=O)C(=O)N(CCCN(C)C)C2c2ccccc2C)c(OCC)c1. The molecule has 7 nitrogen and oxygen atoms in total. The predicted molar refractivity (Wildman–Crippen MR) is 132 cm³/mol. The minimum atomic E-state index is -0.688. The average molecular weight is 467 g/mol. The van der Waals surface area contributed by atoms with Crippen molar-refractivity contribution in [2.75, 3.05) is 40.4 Å². The van der Waals surface area contributed by atoms with Gasteiger partial charge in [-0.2, -0.15) is 0 Å². The summed E-state index contributed by atoms with van der Waals surface area (Å²) in [5.74, 6) is -0.534. The van der Waals surface area contributed by atoms with Crippen LogP contribution >= 0.6 is 0 Å². The van der Waals surface area contributed by atoms with Crippen molar-refractivity contribution >= 4 is 17.4 Å². The molecule has 0 spiro atoms. The maximum absolute atomic E-state index is 13.3. The lowest BCUT2D eigenvalue weighted by atomic mass is 9.92. The van der Waals surface area contributed by atoms with Crippen molar-refractivity contribution in [1.29, 1.82) is 0 Å². The van der Waals surface area contributed by atoms with Crippen LogP contribution in [0.4, 0.5) is 0 Å². The number of nitrogens with zero attached hydrogens (tertiary/aromatic N) is 2. The van der Waals surface area contributed by atoms with Crippen LogP contribution in [0.3, 0.4) is 0 Å².